The van der Waals surface area contributed by atoms with Gasteiger partial charge in [-0.3, -0.25) is 9.48 Å². The predicted molar refractivity (Wildman–Crippen MR) is 88.6 cm³/mol. The molecule has 0 bridgehead atoms. The number of aryl methyl sites for hydroxylation is 1. The van der Waals surface area contributed by atoms with Crippen molar-refractivity contribution in [2.24, 2.45) is 12.8 Å². The maximum atomic E-state index is 12.3. The standard InChI is InChI=1S/C13H23N5O3S.ClH/c1-10(12(19)16-13(9-14)5-3-4-6-13)17-22(20,21)11-7-15-18(2)8-11;/h7-8,10,17H,3-6,9,14H2,1-2H3,(H,16,19);1H. The van der Waals surface area contributed by atoms with Gasteiger partial charge in [-0.15, -0.1) is 12.4 Å². The summed E-state index contributed by atoms with van der Waals surface area (Å²) < 4.78 is 28.1. The lowest BCUT2D eigenvalue weighted by molar-refractivity contribution is -0.124. The quantitative estimate of drug-likeness (QED) is 0.650. The molecule has 1 amide bonds. The van der Waals surface area contributed by atoms with E-state index in [2.05, 4.69) is 15.1 Å². The number of nitrogens with zero attached hydrogens (tertiary/aromatic N) is 2. The molecule has 132 valence electrons. The molecule has 10 heteroatoms. The molecule has 1 aromatic heterocycles. The number of hydrogen-bond donors (Lipinski definition) is 3. The highest BCUT2D eigenvalue weighted by atomic mass is 35.5. The Balaban J connectivity index is 0.00000264. The summed E-state index contributed by atoms with van der Waals surface area (Å²) in [5.41, 5.74) is 5.38. The minimum Gasteiger partial charge on any atom is -0.348 e. The lowest BCUT2D eigenvalue weighted by Gasteiger charge is -2.30. The summed E-state index contributed by atoms with van der Waals surface area (Å²) in [6.45, 7) is 1.88. The van der Waals surface area contributed by atoms with E-state index in [9.17, 15) is 13.2 Å². The molecule has 1 fully saturated rings. The third-order valence-corrected chi connectivity index (χ3v) is 5.55. The van der Waals surface area contributed by atoms with Gasteiger partial charge in [-0.05, 0) is 19.8 Å². The van der Waals surface area contributed by atoms with Crippen LogP contribution in [0.15, 0.2) is 17.3 Å². The molecule has 0 radical (unpaired) electrons. The van der Waals surface area contributed by atoms with Gasteiger partial charge in [0.2, 0.25) is 15.9 Å². The average molecular weight is 366 g/mol. The van der Waals surface area contributed by atoms with E-state index < -0.39 is 21.6 Å². The number of nitrogens with one attached hydrogen (secondary N) is 2. The van der Waals surface area contributed by atoms with Crippen LogP contribution in [-0.2, 0) is 21.9 Å². The molecule has 1 saturated carbocycles. The molecule has 1 unspecified atom stereocenters. The topological polar surface area (TPSA) is 119 Å². The van der Waals surface area contributed by atoms with Crippen LogP contribution in [0.3, 0.4) is 0 Å². The van der Waals surface area contributed by atoms with E-state index in [1.807, 2.05) is 0 Å². The molecule has 1 aliphatic rings. The van der Waals surface area contributed by atoms with Crippen LogP contribution < -0.4 is 15.8 Å². The van der Waals surface area contributed by atoms with Crippen molar-refractivity contribution in [2.45, 2.75) is 49.1 Å². The number of hydrogen-bond acceptors (Lipinski definition) is 5. The zero-order valence-corrected chi connectivity index (χ0v) is 14.9. The number of nitrogens with two attached hydrogens (primary N) is 1. The summed E-state index contributed by atoms with van der Waals surface area (Å²) in [6, 6.07) is -0.880. The fraction of sp³-hybridized carbons (Fsp3) is 0.692. The number of carbonyl (C=O) groups is 1. The van der Waals surface area contributed by atoms with Crippen LogP contribution in [0.5, 0.6) is 0 Å². The average Bonchev–Trinajstić information content (AvgIpc) is 3.08. The number of carbonyl (C=O) groups excluding carboxylic acids is 1. The summed E-state index contributed by atoms with van der Waals surface area (Å²) in [7, 11) is -2.14. The summed E-state index contributed by atoms with van der Waals surface area (Å²) >= 11 is 0. The van der Waals surface area contributed by atoms with Crippen LogP contribution in [0.4, 0.5) is 0 Å². The van der Waals surface area contributed by atoms with Crippen molar-refractivity contribution >= 4 is 28.3 Å². The van der Waals surface area contributed by atoms with Crippen molar-refractivity contribution in [3.8, 4) is 0 Å². The zero-order chi connectivity index (χ0) is 16.4. The van der Waals surface area contributed by atoms with Gasteiger partial charge in [0.05, 0.1) is 17.8 Å². The molecule has 0 spiro atoms. The highest BCUT2D eigenvalue weighted by molar-refractivity contribution is 7.89. The maximum absolute atomic E-state index is 12.3. The van der Waals surface area contributed by atoms with Crippen LogP contribution in [-0.4, -0.2) is 42.2 Å². The van der Waals surface area contributed by atoms with E-state index in [-0.39, 0.29) is 23.2 Å². The molecule has 0 aromatic carbocycles. The lowest BCUT2D eigenvalue weighted by Crippen LogP contribution is -2.56. The Morgan fingerprint density at radius 1 is 1.48 bits per heavy atom. The summed E-state index contributed by atoms with van der Waals surface area (Å²) in [5.74, 6) is -0.361. The summed E-state index contributed by atoms with van der Waals surface area (Å²) in [6.07, 6.45) is 6.33. The first-order chi connectivity index (χ1) is 10.3. The first-order valence-corrected chi connectivity index (χ1v) is 8.79. The minimum atomic E-state index is -3.77. The highest BCUT2D eigenvalue weighted by Gasteiger charge is 2.35. The van der Waals surface area contributed by atoms with Gasteiger partial charge in [0.25, 0.3) is 0 Å². The van der Waals surface area contributed by atoms with E-state index in [0.29, 0.717) is 6.54 Å². The van der Waals surface area contributed by atoms with Crippen LogP contribution in [0.25, 0.3) is 0 Å². The second-order valence-corrected chi connectivity index (χ2v) is 7.59. The second kappa shape index (κ2) is 7.61. The van der Waals surface area contributed by atoms with Crippen LogP contribution >= 0.6 is 12.4 Å². The number of rotatable bonds is 6. The van der Waals surface area contributed by atoms with Gasteiger partial charge >= 0.3 is 0 Å². The lowest BCUT2D eigenvalue weighted by atomic mass is 9.97. The minimum absolute atomic E-state index is 0. The molecular formula is C13H24ClN5O3S. The zero-order valence-electron chi connectivity index (χ0n) is 13.3. The van der Waals surface area contributed by atoms with Crippen LogP contribution in [0, 0.1) is 0 Å². The van der Waals surface area contributed by atoms with Crippen LogP contribution in [0.1, 0.15) is 32.6 Å². The Morgan fingerprint density at radius 2 is 2.09 bits per heavy atom. The molecule has 0 saturated heterocycles. The first-order valence-electron chi connectivity index (χ1n) is 7.31. The van der Waals surface area contributed by atoms with Gasteiger partial charge in [-0.2, -0.15) is 9.82 Å². The Kier molecular flexibility index (Phi) is 6.58. The van der Waals surface area contributed by atoms with Gasteiger partial charge in [0.15, 0.2) is 0 Å². The Labute approximate surface area is 142 Å². The van der Waals surface area contributed by atoms with Crippen molar-refractivity contribution in [1.82, 2.24) is 19.8 Å². The van der Waals surface area contributed by atoms with Gasteiger partial charge in [-0.25, -0.2) is 8.42 Å². The Bertz CT molecular complexity index is 640. The molecule has 2 rings (SSSR count). The molecule has 0 aliphatic heterocycles. The van der Waals surface area contributed by atoms with Crippen molar-refractivity contribution < 1.29 is 13.2 Å². The van der Waals surface area contributed by atoms with Gasteiger partial charge < -0.3 is 11.1 Å². The Hall–Kier alpha value is -1.16. The third kappa shape index (κ3) is 4.66. The molecule has 23 heavy (non-hydrogen) atoms. The first kappa shape index (κ1) is 19.9. The number of amides is 1. The molecule has 1 aromatic rings. The smallest absolute Gasteiger partial charge is 0.244 e. The van der Waals surface area contributed by atoms with Crippen LogP contribution in [0.2, 0.25) is 0 Å². The summed E-state index contributed by atoms with van der Waals surface area (Å²) in [4.78, 5) is 12.3. The largest absolute Gasteiger partial charge is 0.348 e. The summed E-state index contributed by atoms with van der Waals surface area (Å²) in [5, 5.41) is 6.73. The van der Waals surface area contributed by atoms with E-state index in [0.717, 1.165) is 25.7 Å². The molecular weight excluding hydrogens is 342 g/mol. The predicted octanol–water partition coefficient (Wildman–Crippen LogP) is -0.104. The molecule has 4 N–H and O–H groups in total. The fourth-order valence-corrected chi connectivity index (χ4v) is 3.88. The third-order valence-electron chi connectivity index (χ3n) is 4.06. The Morgan fingerprint density at radius 3 is 2.57 bits per heavy atom. The second-order valence-electron chi connectivity index (χ2n) is 5.87. The van der Waals surface area contributed by atoms with E-state index in [4.69, 9.17) is 5.73 Å². The van der Waals surface area contributed by atoms with Crippen molar-refractivity contribution in [3.63, 3.8) is 0 Å². The van der Waals surface area contributed by atoms with Gasteiger partial charge in [0.1, 0.15) is 4.90 Å². The normalized spacial score (nSPS) is 18.2. The number of halogens is 1. The van der Waals surface area contributed by atoms with Gasteiger partial charge in [-0.1, -0.05) is 12.8 Å². The number of aromatic nitrogens is 2. The van der Waals surface area contributed by atoms with E-state index in [1.54, 1.807) is 7.05 Å². The SMILES string of the molecule is CC(NS(=O)(=O)c1cnn(C)c1)C(=O)NC1(CN)CCCC1.Cl. The number of sulfonamides is 1. The molecule has 1 aliphatic carbocycles. The monoisotopic (exact) mass is 365 g/mol. The fourth-order valence-electron chi connectivity index (χ4n) is 2.69. The molecule has 8 nitrogen and oxygen atoms in total. The van der Waals surface area contributed by atoms with E-state index >= 15 is 0 Å². The van der Waals surface area contributed by atoms with Gasteiger partial charge in [0, 0.05) is 19.8 Å². The van der Waals surface area contributed by atoms with Crippen molar-refractivity contribution in [3.05, 3.63) is 12.4 Å². The van der Waals surface area contributed by atoms with E-state index in [1.165, 1.54) is 24.0 Å². The van der Waals surface area contributed by atoms with Crippen molar-refractivity contribution in [1.29, 1.82) is 0 Å². The van der Waals surface area contributed by atoms with Crippen molar-refractivity contribution in [2.75, 3.05) is 6.54 Å². The maximum Gasteiger partial charge on any atom is 0.244 e. The highest BCUT2D eigenvalue weighted by Crippen LogP contribution is 2.28. The molecule has 1 heterocycles. The molecule has 1 atom stereocenters.